The third-order valence-electron chi connectivity index (χ3n) is 3.03. The highest BCUT2D eigenvalue weighted by Crippen LogP contribution is 2.23. The number of anilines is 1. The fourth-order valence-electron chi connectivity index (χ4n) is 2.01. The quantitative estimate of drug-likeness (QED) is 0.805. The second kappa shape index (κ2) is 4.14. The van der Waals surface area contributed by atoms with Crippen molar-refractivity contribution in [3.8, 4) is 5.69 Å². The Balaban J connectivity index is 1.68. The van der Waals surface area contributed by atoms with Crippen LogP contribution in [0, 0.1) is 0 Å². The van der Waals surface area contributed by atoms with E-state index in [-0.39, 0.29) is 0 Å². The summed E-state index contributed by atoms with van der Waals surface area (Å²) in [7, 11) is 0. The van der Waals surface area contributed by atoms with Crippen molar-refractivity contribution in [2.24, 2.45) is 5.73 Å². The molecule has 17 heavy (non-hydrogen) atoms. The third kappa shape index (κ3) is 2.12. The van der Waals surface area contributed by atoms with E-state index in [4.69, 9.17) is 5.73 Å². The minimum absolute atomic E-state index is 0.369. The van der Waals surface area contributed by atoms with Crippen LogP contribution in [0.1, 0.15) is 12.8 Å². The second-order valence-corrected chi connectivity index (χ2v) is 4.37. The molecule has 0 bridgehead atoms. The minimum atomic E-state index is 0.369. The first kappa shape index (κ1) is 10.2. The van der Waals surface area contributed by atoms with Gasteiger partial charge in [0.05, 0.1) is 5.69 Å². The molecule has 6 nitrogen and oxygen atoms in total. The van der Waals surface area contributed by atoms with Crippen molar-refractivity contribution in [1.29, 1.82) is 0 Å². The summed E-state index contributed by atoms with van der Waals surface area (Å²) in [6, 6.07) is 8.91. The molecule has 0 unspecified atom stereocenters. The predicted molar refractivity (Wildman–Crippen MR) is 63.8 cm³/mol. The Kier molecular flexibility index (Phi) is 2.49. The highest BCUT2D eigenvalue weighted by Gasteiger charge is 2.25. The normalized spacial score (nSPS) is 23.1. The van der Waals surface area contributed by atoms with E-state index < -0.39 is 0 Å². The van der Waals surface area contributed by atoms with E-state index >= 15 is 0 Å². The lowest BCUT2D eigenvalue weighted by molar-refractivity contribution is 0.373. The molecule has 0 atom stereocenters. The largest absolute Gasteiger partial charge is 0.382 e. The lowest BCUT2D eigenvalue weighted by Crippen LogP contribution is -2.44. The predicted octanol–water partition coefficient (Wildman–Crippen LogP) is 0.564. The van der Waals surface area contributed by atoms with Gasteiger partial charge in [0.25, 0.3) is 0 Å². The number of nitrogens with zero attached hydrogens (tertiary/aromatic N) is 4. The summed E-state index contributed by atoms with van der Waals surface area (Å²) >= 11 is 0. The van der Waals surface area contributed by atoms with Gasteiger partial charge in [-0.05, 0) is 47.5 Å². The van der Waals surface area contributed by atoms with Gasteiger partial charge in [0.1, 0.15) is 6.33 Å². The Morgan fingerprint density at radius 2 is 2.00 bits per heavy atom. The Hall–Kier alpha value is -1.95. The average Bonchev–Trinajstić information content (AvgIpc) is 2.81. The molecule has 2 aromatic rings. The third-order valence-corrected chi connectivity index (χ3v) is 3.03. The van der Waals surface area contributed by atoms with Gasteiger partial charge in [0, 0.05) is 17.8 Å². The van der Waals surface area contributed by atoms with E-state index in [1.165, 1.54) is 0 Å². The summed E-state index contributed by atoms with van der Waals surface area (Å²) in [4.78, 5) is 0. The van der Waals surface area contributed by atoms with Crippen molar-refractivity contribution in [2.75, 3.05) is 5.32 Å². The van der Waals surface area contributed by atoms with Gasteiger partial charge in [-0.2, -0.15) is 0 Å². The van der Waals surface area contributed by atoms with Crippen molar-refractivity contribution in [1.82, 2.24) is 20.2 Å². The molecular formula is C11H14N6. The SMILES string of the molecule is NC1CC(Nc2ccc(-n3cnnn3)cc2)C1. The van der Waals surface area contributed by atoms with Crippen LogP contribution in [0.15, 0.2) is 30.6 Å². The molecule has 0 amide bonds. The van der Waals surface area contributed by atoms with Gasteiger partial charge in [-0.1, -0.05) is 0 Å². The molecule has 1 aromatic heterocycles. The van der Waals surface area contributed by atoms with Gasteiger partial charge in [-0.3, -0.25) is 0 Å². The van der Waals surface area contributed by atoms with Crippen LogP contribution < -0.4 is 11.1 Å². The zero-order valence-electron chi connectivity index (χ0n) is 9.32. The van der Waals surface area contributed by atoms with Crippen LogP contribution in [0.3, 0.4) is 0 Å². The van der Waals surface area contributed by atoms with Crippen molar-refractivity contribution in [3.05, 3.63) is 30.6 Å². The van der Waals surface area contributed by atoms with E-state index in [0.717, 1.165) is 24.2 Å². The van der Waals surface area contributed by atoms with E-state index in [1.807, 2.05) is 24.3 Å². The first-order chi connectivity index (χ1) is 8.31. The minimum Gasteiger partial charge on any atom is -0.382 e. The first-order valence-corrected chi connectivity index (χ1v) is 5.67. The molecule has 1 saturated carbocycles. The zero-order chi connectivity index (χ0) is 11.7. The number of benzene rings is 1. The first-order valence-electron chi connectivity index (χ1n) is 5.67. The lowest BCUT2D eigenvalue weighted by atomic mass is 9.87. The van der Waals surface area contributed by atoms with Gasteiger partial charge in [-0.15, -0.1) is 5.10 Å². The van der Waals surface area contributed by atoms with Crippen LogP contribution in [0.5, 0.6) is 0 Å². The monoisotopic (exact) mass is 230 g/mol. The maximum Gasteiger partial charge on any atom is 0.143 e. The van der Waals surface area contributed by atoms with Crippen molar-refractivity contribution in [3.63, 3.8) is 0 Å². The molecular weight excluding hydrogens is 216 g/mol. The molecule has 0 radical (unpaired) electrons. The Labute approximate surface area is 98.8 Å². The second-order valence-electron chi connectivity index (χ2n) is 4.37. The molecule has 6 heteroatoms. The number of hydrogen-bond donors (Lipinski definition) is 2. The van der Waals surface area contributed by atoms with Crippen LogP contribution in [0.25, 0.3) is 5.69 Å². The fraction of sp³-hybridized carbons (Fsp3) is 0.364. The summed E-state index contributed by atoms with van der Waals surface area (Å²) in [5.74, 6) is 0. The van der Waals surface area contributed by atoms with Crippen LogP contribution >= 0.6 is 0 Å². The van der Waals surface area contributed by atoms with Gasteiger partial charge in [0.2, 0.25) is 0 Å². The number of tetrazole rings is 1. The van der Waals surface area contributed by atoms with E-state index in [0.29, 0.717) is 12.1 Å². The van der Waals surface area contributed by atoms with Crippen molar-refractivity contribution < 1.29 is 0 Å². The molecule has 1 fully saturated rings. The van der Waals surface area contributed by atoms with Gasteiger partial charge >= 0.3 is 0 Å². The Morgan fingerprint density at radius 3 is 2.59 bits per heavy atom. The molecule has 3 N–H and O–H groups in total. The molecule has 1 aromatic carbocycles. The summed E-state index contributed by atoms with van der Waals surface area (Å²) < 4.78 is 1.63. The summed E-state index contributed by atoms with van der Waals surface area (Å²) in [5, 5.41) is 14.5. The van der Waals surface area contributed by atoms with Crippen LogP contribution in [0.2, 0.25) is 0 Å². The fourth-order valence-corrected chi connectivity index (χ4v) is 2.01. The Morgan fingerprint density at radius 1 is 1.24 bits per heavy atom. The average molecular weight is 230 g/mol. The topological polar surface area (TPSA) is 81.6 Å². The molecule has 1 heterocycles. The van der Waals surface area contributed by atoms with E-state index in [2.05, 4.69) is 20.8 Å². The number of aromatic nitrogens is 4. The summed E-state index contributed by atoms with van der Waals surface area (Å²) in [5.41, 5.74) is 7.81. The van der Waals surface area contributed by atoms with E-state index in [9.17, 15) is 0 Å². The number of rotatable bonds is 3. The van der Waals surface area contributed by atoms with Crippen molar-refractivity contribution >= 4 is 5.69 Å². The maximum absolute atomic E-state index is 5.75. The van der Waals surface area contributed by atoms with Crippen LogP contribution in [-0.4, -0.2) is 32.3 Å². The lowest BCUT2D eigenvalue weighted by Gasteiger charge is -2.33. The molecule has 1 aliphatic carbocycles. The van der Waals surface area contributed by atoms with Gasteiger partial charge in [-0.25, -0.2) is 4.68 Å². The Bertz CT molecular complexity index is 471. The molecule has 88 valence electrons. The smallest absolute Gasteiger partial charge is 0.143 e. The number of nitrogens with two attached hydrogens (primary N) is 1. The maximum atomic E-state index is 5.75. The molecule has 0 saturated heterocycles. The van der Waals surface area contributed by atoms with Gasteiger partial charge < -0.3 is 11.1 Å². The highest BCUT2D eigenvalue weighted by molar-refractivity contribution is 5.49. The summed E-state index contributed by atoms with van der Waals surface area (Å²) in [6.07, 6.45) is 3.68. The van der Waals surface area contributed by atoms with Crippen LogP contribution in [0.4, 0.5) is 5.69 Å². The molecule has 1 aliphatic rings. The summed E-state index contributed by atoms with van der Waals surface area (Å²) in [6.45, 7) is 0. The number of nitrogens with one attached hydrogen (secondary N) is 1. The number of hydrogen-bond acceptors (Lipinski definition) is 5. The zero-order valence-corrected chi connectivity index (χ0v) is 9.32. The molecule has 0 spiro atoms. The van der Waals surface area contributed by atoms with Crippen LogP contribution in [-0.2, 0) is 0 Å². The van der Waals surface area contributed by atoms with Gasteiger partial charge in [0.15, 0.2) is 0 Å². The van der Waals surface area contributed by atoms with E-state index in [1.54, 1.807) is 11.0 Å². The standard InChI is InChI=1S/C11H14N6/c12-8-5-10(6-8)14-9-1-3-11(4-2-9)17-7-13-15-16-17/h1-4,7-8,10,14H,5-6,12H2. The molecule has 0 aliphatic heterocycles. The molecule has 3 rings (SSSR count). The van der Waals surface area contributed by atoms with Crippen molar-refractivity contribution in [2.45, 2.75) is 24.9 Å². The highest BCUT2D eigenvalue weighted by atomic mass is 15.5.